The van der Waals surface area contributed by atoms with Gasteiger partial charge in [-0.2, -0.15) is 0 Å². The third-order valence-electron chi connectivity index (χ3n) is 2.81. The quantitative estimate of drug-likeness (QED) is 0.851. The largest absolute Gasteiger partial charge is 0.497 e. The van der Waals surface area contributed by atoms with Gasteiger partial charge in [-0.15, -0.1) is 6.42 Å². The minimum atomic E-state index is -0.208. The second-order valence-electron chi connectivity index (χ2n) is 4.07. The normalized spacial score (nSPS) is 9.95. The lowest BCUT2D eigenvalue weighted by atomic mass is 10.1. The van der Waals surface area contributed by atoms with E-state index < -0.39 is 0 Å². The number of carbonyl (C=O) groups excluding carboxylic acids is 1. The fraction of sp³-hybridized carbons (Fsp3) is 0.200. The van der Waals surface area contributed by atoms with Crippen molar-refractivity contribution >= 4 is 16.8 Å². The minimum Gasteiger partial charge on any atom is -0.497 e. The van der Waals surface area contributed by atoms with E-state index in [1.165, 1.54) is 0 Å². The van der Waals surface area contributed by atoms with Crippen LogP contribution in [0.2, 0.25) is 0 Å². The van der Waals surface area contributed by atoms with Gasteiger partial charge in [-0.05, 0) is 25.1 Å². The van der Waals surface area contributed by atoms with Crippen LogP contribution in [0.25, 0.3) is 10.9 Å². The molecule has 1 heterocycles. The standard InChI is InChI=1S/C15H14N2O2/c1-4-7-16-15(18)13-8-11-5-6-12(19-3)9-14(11)17-10(13)2/h1,5-6,8-9H,7H2,2-3H3,(H,16,18). The van der Waals surface area contributed by atoms with Gasteiger partial charge in [0.15, 0.2) is 0 Å². The van der Waals surface area contributed by atoms with Crippen LogP contribution in [-0.2, 0) is 0 Å². The smallest absolute Gasteiger partial charge is 0.253 e. The van der Waals surface area contributed by atoms with E-state index in [1.807, 2.05) is 24.3 Å². The van der Waals surface area contributed by atoms with Crippen LogP contribution in [0.1, 0.15) is 16.1 Å². The molecule has 2 aromatic rings. The molecule has 1 N–H and O–H groups in total. The lowest BCUT2D eigenvalue weighted by Gasteiger charge is -2.08. The topological polar surface area (TPSA) is 51.2 Å². The fourth-order valence-corrected chi connectivity index (χ4v) is 1.83. The lowest BCUT2D eigenvalue weighted by Crippen LogP contribution is -2.24. The van der Waals surface area contributed by atoms with Gasteiger partial charge in [0, 0.05) is 11.5 Å². The molecule has 1 amide bonds. The minimum absolute atomic E-state index is 0.207. The number of fused-ring (bicyclic) bond motifs is 1. The zero-order chi connectivity index (χ0) is 13.8. The summed E-state index contributed by atoms with van der Waals surface area (Å²) in [7, 11) is 1.61. The Morgan fingerprint density at radius 1 is 1.47 bits per heavy atom. The number of benzene rings is 1. The number of methoxy groups -OCH3 is 1. The molecule has 1 aromatic carbocycles. The van der Waals surface area contributed by atoms with Gasteiger partial charge < -0.3 is 10.1 Å². The highest BCUT2D eigenvalue weighted by Gasteiger charge is 2.11. The van der Waals surface area contributed by atoms with Gasteiger partial charge in [0.2, 0.25) is 0 Å². The van der Waals surface area contributed by atoms with E-state index in [2.05, 4.69) is 16.2 Å². The molecule has 4 nitrogen and oxygen atoms in total. The number of carbonyl (C=O) groups is 1. The molecule has 0 unspecified atom stereocenters. The van der Waals surface area contributed by atoms with E-state index in [9.17, 15) is 4.79 Å². The van der Waals surface area contributed by atoms with Gasteiger partial charge in [0.1, 0.15) is 5.75 Å². The number of ether oxygens (including phenoxy) is 1. The van der Waals surface area contributed by atoms with Gasteiger partial charge >= 0.3 is 0 Å². The van der Waals surface area contributed by atoms with Crippen LogP contribution >= 0.6 is 0 Å². The summed E-state index contributed by atoms with van der Waals surface area (Å²) >= 11 is 0. The van der Waals surface area contributed by atoms with Crippen LogP contribution in [0.15, 0.2) is 24.3 Å². The Bertz CT molecular complexity index is 672. The van der Waals surface area contributed by atoms with Crippen molar-refractivity contribution < 1.29 is 9.53 Å². The average molecular weight is 254 g/mol. The van der Waals surface area contributed by atoms with Gasteiger partial charge in [-0.25, -0.2) is 0 Å². The third kappa shape index (κ3) is 2.66. The van der Waals surface area contributed by atoms with Crippen molar-refractivity contribution in [3.05, 3.63) is 35.5 Å². The van der Waals surface area contributed by atoms with E-state index in [0.717, 1.165) is 16.7 Å². The summed E-state index contributed by atoms with van der Waals surface area (Å²) in [6, 6.07) is 7.36. The van der Waals surface area contributed by atoms with Crippen molar-refractivity contribution in [2.75, 3.05) is 13.7 Å². The Morgan fingerprint density at radius 2 is 2.26 bits per heavy atom. The van der Waals surface area contributed by atoms with E-state index in [1.54, 1.807) is 14.0 Å². The van der Waals surface area contributed by atoms with Crippen LogP contribution in [0, 0.1) is 19.3 Å². The van der Waals surface area contributed by atoms with Crippen LogP contribution in [0.4, 0.5) is 0 Å². The average Bonchev–Trinajstić information content (AvgIpc) is 2.43. The molecule has 0 spiro atoms. The molecule has 0 aliphatic carbocycles. The lowest BCUT2D eigenvalue weighted by molar-refractivity contribution is 0.0958. The first-order chi connectivity index (χ1) is 9.15. The van der Waals surface area contributed by atoms with E-state index in [-0.39, 0.29) is 12.5 Å². The Kier molecular flexibility index (Phi) is 3.67. The van der Waals surface area contributed by atoms with Crippen molar-refractivity contribution in [1.29, 1.82) is 0 Å². The summed E-state index contributed by atoms with van der Waals surface area (Å²) in [5.41, 5.74) is 1.99. The molecular formula is C15H14N2O2. The predicted octanol–water partition coefficient (Wildman–Crippen LogP) is 1.91. The van der Waals surface area contributed by atoms with E-state index >= 15 is 0 Å². The van der Waals surface area contributed by atoms with Crippen molar-refractivity contribution in [3.63, 3.8) is 0 Å². The predicted molar refractivity (Wildman–Crippen MR) is 74.2 cm³/mol. The molecule has 0 aliphatic heterocycles. The van der Waals surface area contributed by atoms with Crippen molar-refractivity contribution in [1.82, 2.24) is 10.3 Å². The molecule has 2 rings (SSSR count). The third-order valence-corrected chi connectivity index (χ3v) is 2.81. The number of nitrogens with one attached hydrogen (secondary N) is 1. The fourth-order valence-electron chi connectivity index (χ4n) is 1.83. The summed E-state index contributed by atoms with van der Waals surface area (Å²) in [6.07, 6.45) is 5.12. The SMILES string of the molecule is C#CCNC(=O)c1cc2ccc(OC)cc2nc1C. The summed E-state index contributed by atoms with van der Waals surface area (Å²) in [5, 5.41) is 3.52. The second kappa shape index (κ2) is 5.40. The highest BCUT2D eigenvalue weighted by atomic mass is 16.5. The maximum atomic E-state index is 11.9. The van der Waals surface area contributed by atoms with Crippen LogP contribution in [0.5, 0.6) is 5.75 Å². The van der Waals surface area contributed by atoms with Gasteiger partial charge in [-0.3, -0.25) is 9.78 Å². The van der Waals surface area contributed by atoms with Gasteiger partial charge in [-0.1, -0.05) is 5.92 Å². The summed E-state index contributed by atoms with van der Waals surface area (Å²) in [5.74, 6) is 2.90. The second-order valence-corrected chi connectivity index (χ2v) is 4.07. The maximum absolute atomic E-state index is 11.9. The van der Waals surface area contributed by atoms with E-state index in [4.69, 9.17) is 11.2 Å². The highest BCUT2D eigenvalue weighted by molar-refractivity contribution is 5.98. The Hall–Kier alpha value is -2.54. The molecule has 0 aliphatic rings. The maximum Gasteiger partial charge on any atom is 0.253 e. The molecule has 0 atom stereocenters. The number of terminal acetylenes is 1. The number of nitrogens with zero attached hydrogens (tertiary/aromatic N) is 1. The Labute approximate surface area is 111 Å². The van der Waals surface area contributed by atoms with Crippen LogP contribution in [-0.4, -0.2) is 24.5 Å². The molecule has 0 saturated carbocycles. The molecule has 0 radical (unpaired) electrons. The number of amides is 1. The van der Waals surface area contributed by atoms with Crippen LogP contribution in [0.3, 0.4) is 0 Å². The van der Waals surface area contributed by atoms with Gasteiger partial charge in [0.25, 0.3) is 5.91 Å². The number of rotatable bonds is 3. The molecule has 0 fully saturated rings. The molecule has 0 bridgehead atoms. The zero-order valence-electron chi connectivity index (χ0n) is 10.9. The summed E-state index contributed by atoms with van der Waals surface area (Å²) in [4.78, 5) is 16.3. The number of pyridine rings is 1. The number of hydrogen-bond acceptors (Lipinski definition) is 3. The zero-order valence-corrected chi connectivity index (χ0v) is 10.9. The first-order valence-corrected chi connectivity index (χ1v) is 5.82. The molecule has 96 valence electrons. The Morgan fingerprint density at radius 3 is 2.95 bits per heavy atom. The van der Waals surface area contributed by atoms with Crippen molar-refractivity contribution in [2.24, 2.45) is 0 Å². The highest BCUT2D eigenvalue weighted by Crippen LogP contribution is 2.21. The van der Waals surface area contributed by atoms with Crippen molar-refractivity contribution in [2.45, 2.75) is 6.92 Å². The number of aryl methyl sites for hydroxylation is 1. The van der Waals surface area contributed by atoms with Crippen molar-refractivity contribution in [3.8, 4) is 18.1 Å². The molecule has 4 heteroatoms. The van der Waals surface area contributed by atoms with Gasteiger partial charge in [0.05, 0.1) is 30.4 Å². The summed E-state index contributed by atoms with van der Waals surface area (Å²) < 4.78 is 5.15. The number of hydrogen-bond donors (Lipinski definition) is 1. The van der Waals surface area contributed by atoms with Crippen LogP contribution < -0.4 is 10.1 Å². The molecular weight excluding hydrogens is 240 g/mol. The number of aromatic nitrogens is 1. The molecule has 19 heavy (non-hydrogen) atoms. The van der Waals surface area contributed by atoms with E-state index in [0.29, 0.717) is 11.3 Å². The monoisotopic (exact) mass is 254 g/mol. The first kappa shape index (κ1) is 12.9. The first-order valence-electron chi connectivity index (χ1n) is 5.82. The molecule has 0 saturated heterocycles. The Balaban J connectivity index is 2.45. The summed E-state index contributed by atoms with van der Waals surface area (Å²) in [6.45, 7) is 2.00. The molecule has 1 aromatic heterocycles.